The molecule has 2 amide bonds. The van der Waals surface area contributed by atoms with Crippen LogP contribution in [0.5, 0.6) is 0 Å². The molecule has 0 aliphatic carbocycles. The van der Waals surface area contributed by atoms with Gasteiger partial charge in [-0.15, -0.1) is 0 Å². The highest BCUT2D eigenvalue weighted by atomic mass is 16.4. The molecule has 1 atom stereocenters. The van der Waals surface area contributed by atoms with Gasteiger partial charge in [0.05, 0.1) is 13.0 Å². The fourth-order valence-electron chi connectivity index (χ4n) is 1.14. The lowest BCUT2D eigenvalue weighted by Crippen LogP contribution is -2.46. The van der Waals surface area contributed by atoms with Gasteiger partial charge in [0.25, 0.3) is 0 Å². The van der Waals surface area contributed by atoms with Crippen molar-refractivity contribution in [2.24, 2.45) is 0 Å². The number of urea groups is 1. The minimum absolute atomic E-state index is 0.0816. The monoisotopic (exact) mass is 256 g/mol. The molecule has 0 radical (unpaired) electrons. The van der Waals surface area contributed by atoms with Gasteiger partial charge in [-0.25, -0.2) is 14.6 Å². The first-order valence-corrected chi connectivity index (χ1v) is 4.96. The molecule has 1 rings (SSSR count). The van der Waals surface area contributed by atoms with E-state index in [1.807, 2.05) is 5.32 Å². The molecule has 98 valence electrons. The Morgan fingerprint density at radius 3 is 2.61 bits per heavy atom. The number of nitrogens with zero attached hydrogens (tertiary/aromatic N) is 1. The molecule has 9 nitrogen and oxygen atoms in total. The lowest BCUT2D eigenvalue weighted by Gasteiger charge is -2.12. The summed E-state index contributed by atoms with van der Waals surface area (Å²) in [5, 5.41) is 21.6. The summed E-state index contributed by atoms with van der Waals surface area (Å²) in [5.74, 6) is -2.23. The van der Waals surface area contributed by atoms with Crippen molar-refractivity contribution in [3.05, 3.63) is 18.2 Å². The van der Waals surface area contributed by atoms with Gasteiger partial charge in [-0.3, -0.25) is 4.79 Å². The number of nitrogens with one attached hydrogen (secondary N) is 3. The molecule has 0 saturated carbocycles. The van der Waals surface area contributed by atoms with Gasteiger partial charge in [0, 0.05) is 12.4 Å². The minimum Gasteiger partial charge on any atom is -0.481 e. The molecule has 1 heterocycles. The summed E-state index contributed by atoms with van der Waals surface area (Å²) in [6.07, 6.45) is 2.38. The van der Waals surface area contributed by atoms with Crippen molar-refractivity contribution >= 4 is 18.0 Å². The Morgan fingerprint density at radius 2 is 2.11 bits per heavy atom. The van der Waals surface area contributed by atoms with Crippen LogP contribution in [-0.2, 0) is 16.1 Å². The van der Waals surface area contributed by atoms with E-state index in [1.54, 1.807) is 6.20 Å². The molecule has 0 fully saturated rings. The van der Waals surface area contributed by atoms with Crippen LogP contribution >= 0.6 is 0 Å². The number of carbonyl (C=O) groups excluding carboxylic acids is 1. The molecular weight excluding hydrogens is 244 g/mol. The average Bonchev–Trinajstić information content (AvgIpc) is 2.77. The van der Waals surface area contributed by atoms with Crippen molar-refractivity contribution in [3.63, 3.8) is 0 Å². The molecule has 1 aromatic rings. The molecule has 18 heavy (non-hydrogen) atoms. The van der Waals surface area contributed by atoms with E-state index < -0.39 is 30.4 Å². The molecule has 0 spiro atoms. The third kappa shape index (κ3) is 4.51. The number of hydrogen-bond acceptors (Lipinski definition) is 4. The lowest BCUT2D eigenvalue weighted by molar-refractivity contribution is -0.145. The topological polar surface area (TPSA) is 144 Å². The number of carboxylic acid groups (broad SMARTS) is 2. The lowest BCUT2D eigenvalue weighted by atomic mass is 10.2. The van der Waals surface area contributed by atoms with Crippen LogP contribution in [0.2, 0.25) is 0 Å². The Hall–Kier alpha value is -2.58. The van der Waals surface area contributed by atoms with Gasteiger partial charge >= 0.3 is 18.0 Å². The highest BCUT2D eigenvalue weighted by molar-refractivity contribution is 5.86. The van der Waals surface area contributed by atoms with Crippen molar-refractivity contribution < 1.29 is 24.6 Å². The smallest absolute Gasteiger partial charge is 0.326 e. The Balaban J connectivity index is 2.41. The van der Waals surface area contributed by atoms with E-state index in [0.717, 1.165) is 0 Å². The first-order chi connectivity index (χ1) is 8.49. The van der Waals surface area contributed by atoms with E-state index in [4.69, 9.17) is 10.2 Å². The number of amides is 2. The quantitative estimate of drug-likeness (QED) is 0.447. The predicted molar refractivity (Wildman–Crippen MR) is 57.6 cm³/mol. The summed E-state index contributed by atoms with van der Waals surface area (Å²) in [6, 6.07) is -2.25. The molecule has 5 N–H and O–H groups in total. The minimum atomic E-state index is -1.47. The first kappa shape index (κ1) is 13.5. The van der Waals surface area contributed by atoms with Gasteiger partial charge < -0.3 is 25.8 Å². The summed E-state index contributed by atoms with van der Waals surface area (Å²) in [5.41, 5.74) is 0. The third-order valence-corrected chi connectivity index (χ3v) is 1.95. The Bertz CT molecular complexity index is 430. The second-order valence-electron chi connectivity index (χ2n) is 3.35. The Labute approximate surface area is 101 Å². The molecule has 0 unspecified atom stereocenters. The van der Waals surface area contributed by atoms with Crippen molar-refractivity contribution in [3.8, 4) is 0 Å². The van der Waals surface area contributed by atoms with E-state index in [-0.39, 0.29) is 6.54 Å². The second-order valence-corrected chi connectivity index (χ2v) is 3.35. The summed E-state index contributed by atoms with van der Waals surface area (Å²) >= 11 is 0. The van der Waals surface area contributed by atoms with Crippen molar-refractivity contribution in [2.75, 3.05) is 0 Å². The maximum atomic E-state index is 11.3. The SMILES string of the molecule is O=C(O)C[C@H](NC(=O)NCc1ncc[nH]1)C(=O)O. The number of H-pyrrole nitrogens is 1. The first-order valence-electron chi connectivity index (χ1n) is 4.96. The van der Waals surface area contributed by atoms with E-state index in [1.165, 1.54) is 6.20 Å². The number of carbonyl (C=O) groups is 3. The van der Waals surface area contributed by atoms with Crippen LogP contribution in [0.4, 0.5) is 4.79 Å². The maximum absolute atomic E-state index is 11.3. The number of rotatable bonds is 6. The molecule has 0 aliphatic heterocycles. The van der Waals surface area contributed by atoms with Crippen LogP contribution in [0, 0.1) is 0 Å². The van der Waals surface area contributed by atoms with Crippen LogP contribution in [0.3, 0.4) is 0 Å². The maximum Gasteiger partial charge on any atom is 0.326 e. The zero-order valence-electron chi connectivity index (χ0n) is 9.21. The number of aromatic nitrogens is 2. The highest BCUT2D eigenvalue weighted by Crippen LogP contribution is 1.93. The third-order valence-electron chi connectivity index (χ3n) is 1.95. The van der Waals surface area contributed by atoms with Crippen LogP contribution < -0.4 is 10.6 Å². The second kappa shape index (κ2) is 6.23. The van der Waals surface area contributed by atoms with Gasteiger partial charge in [-0.05, 0) is 0 Å². The van der Waals surface area contributed by atoms with Gasteiger partial charge in [0.2, 0.25) is 0 Å². The number of aliphatic carboxylic acids is 2. The highest BCUT2D eigenvalue weighted by Gasteiger charge is 2.22. The number of aromatic amines is 1. The van der Waals surface area contributed by atoms with Gasteiger partial charge in [0.15, 0.2) is 0 Å². The molecule has 0 aliphatic rings. The Morgan fingerprint density at radius 1 is 1.39 bits per heavy atom. The van der Waals surface area contributed by atoms with Crippen LogP contribution in [0.15, 0.2) is 12.4 Å². The number of hydrogen-bond donors (Lipinski definition) is 5. The largest absolute Gasteiger partial charge is 0.481 e. The summed E-state index contributed by atoms with van der Waals surface area (Å²) in [7, 11) is 0. The molecule has 1 aromatic heterocycles. The van der Waals surface area contributed by atoms with Crippen molar-refractivity contribution in [2.45, 2.75) is 19.0 Å². The van der Waals surface area contributed by atoms with Gasteiger partial charge in [0.1, 0.15) is 11.9 Å². The van der Waals surface area contributed by atoms with Crippen molar-refractivity contribution in [1.29, 1.82) is 0 Å². The zero-order chi connectivity index (χ0) is 13.5. The predicted octanol–water partition coefficient (Wildman–Crippen LogP) is -0.863. The van der Waals surface area contributed by atoms with E-state index in [9.17, 15) is 14.4 Å². The molecule has 0 saturated heterocycles. The van der Waals surface area contributed by atoms with Crippen molar-refractivity contribution in [1.82, 2.24) is 20.6 Å². The average molecular weight is 256 g/mol. The Kier molecular flexibility index (Phi) is 4.67. The van der Waals surface area contributed by atoms with Crippen LogP contribution in [0.1, 0.15) is 12.2 Å². The zero-order valence-corrected chi connectivity index (χ0v) is 9.21. The van der Waals surface area contributed by atoms with Gasteiger partial charge in [-0.2, -0.15) is 0 Å². The van der Waals surface area contributed by atoms with E-state index in [2.05, 4.69) is 15.3 Å². The number of carboxylic acids is 2. The van der Waals surface area contributed by atoms with Crippen LogP contribution in [-0.4, -0.2) is 44.2 Å². The fourth-order valence-corrected chi connectivity index (χ4v) is 1.14. The summed E-state index contributed by atoms with van der Waals surface area (Å²) < 4.78 is 0. The van der Waals surface area contributed by atoms with E-state index >= 15 is 0 Å². The molecule has 0 aromatic carbocycles. The summed E-state index contributed by atoms with van der Waals surface area (Å²) in [4.78, 5) is 39.0. The van der Waals surface area contributed by atoms with E-state index in [0.29, 0.717) is 5.82 Å². The van der Waals surface area contributed by atoms with Crippen LogP contribution in [0.25, 0.3) is 0 Å². The summed E-state index contributed by atoms with van der Waals surface area (Å²) in [6.45, 7) is 0.0816. The molecular formula is C9H12N4O5. The standard InChI is InChI=1S/C9H12N4O5/c14-7(15)3-5(8(16)17)13-9(18)12-4-6-10-1-2-11-6/h1-2,5H,3-4H2,(H,10,11)(H,14,15)(H,16,17)(H2,12,13,18)/t5-/m0/s1. The number of imidazole rings is 1. The fraction of sp³-hybridized carbons (Fsp3) is 0.333. The normalized spacial score (nSPS) is 11.6. The van der Waals surface area contributed by atoms with Gasteiger partial charge in [-0.1, -0.05) is 0 Å². The molecule has 0 bridgehead atoms. The molecule has 9 heteroatoms.